The van der Waals surface area contributed by atoms with Crippen LogP contribution in [0.2, 0.25) is 0 Å². The Morgan fingerprint density at radius 3 is 1.59 bits per heavy atom. The van der Waals surface area contributed by atoms with Crippen molar-refractivity contribution in [3.8, 4) is 23.0 Å². The molecule has 0 aliphatic carbocycles. The largest absolute Gasteiger partial charge is 0.508 e. The quantitative estimate of drug-likeness (QED) is 0.111. The number of hydrogen-bond donors (Lipinski definition) is 2. The van der Waals surface area contributed by atoms with Crippen LogP contribution in [0.4, 0.5) is 0 Å². The molecule has 3 rings (SSSR count). The topological polar surface area (TPSA) is 93.1 Å². The number of ketones is 2. The number of benzene rings is 3. The summed E-state index contributed by atoms with van der Waals surface area (Å²) in [6.45, 7) is 7.07. The molecule has 0 radical (unpaired) electrons. The summed E-state index contributed by atoms with van der Waals surface area (Å²) in [6, 6.07) is 14.5. The van der Waals surface area contributed by atoms with Crippen molar-refractivity contribution in [2.45, 2.75) is 72.1 Å². The zero-order valence-electron chi connectivity index (χ0n) is 23.3. The van der Waals surface area contributed by atoms with Crippen molar-refractivity contribution >= 4 is 11.6 Å². The zero-order chi connectivity index (χ0) is 28.2. The van der Waals surface area contributed by atoms with E-state index in [1.165, 1.54) is 25.8 Å². The van der Waals surface area contributed by atoms with Gasteiger partial charge < -0.3 is 19.7 Å². The Labute approximate surface area is 231 Å². The van der Waals surface area contributed by atoms with Gasteiger partial charge in [-0.3, -0.25) is 9.59 Å². The first-order chi connectivity index (χ1) is 18.9. The number of phenolic OH excluding ortho intramolecular Hbond substituents is 2. The number of phenols is 2. The van der Waals surface area contributed by atoms with Gasteiger partial charge in [-0.05, 0) is 74.4 Å². The highest BCUT2D eigenvalue weighted by atomic mass is 16.5. The minimum Gasteiger partial charge on any atom is -0.508 e. The van der Waals surface area contributed by atoms with Gasteiger partial charge in [-0.25, -0.2) is 0 Å². The van der Waals surface area contributed by atoms with E-state index in [1.54, 1.807) is 48.5 Å². The molecule has 3 aromatic carbocycles. The van der Waals surface area contributed by atoms with E-state index in [2.05, 4.69) is 13.8 Å². The Kier molecular flexibility index (Phi) is 11.4. The SMILES string of the molecule is CCCCCCOc1ccc(C(=O)c2cc(O)c(C)c(C(=O)c3ccc(OCCCCCC)cc3)c2O)cc1. The van der Waals surface area contributed by atoms with Crippen LogP contribution in [-0.2, 0) is 0 Å². The Balaban J connectivity index is 1.74. The molecule has 0 heterocycles. The molecule has 6 nitrogen and oxygen atoms in total. The fraction of sp³-hybridized carbons (Fsp3) is 0.394. The number of unbranched alkanes of at least 4 members (excludes halogenated alkanes) is 6. The molecule has 0 aromatic heterocycles. The van der Waals surface area contributed by atoms with Gasteiger partial charge in [0.2, 0.25) is 0 Å². The van der Waals surface area contributed by atoms with Crippen molar-refractivity contribution in [3.63, 3.8) is 0 Å². The standard InChI is InChI=1S/C33H40O6/c1-4-6-8-10-20-38-26-16-12-24(13-17-26)31(35)28-22-29(34)23(3)30(33(28)37)32(36)25-14-18-27(19-15-25)39-21-11-9-7-5-2/h12-19,22,34,37H,4-11,20-21H2,1-3H3. The number of carbonyl (C=O) groups is 2. The van der Waals surface area contributed by atoms with E-state index >= 15 is 0 Å². The maximum atomic E-state index is 13.4. The first-order valence-electron chi connectivity index (χ1n) is 14.0. The minimum atomic E-state index is -0.502. The fourth-order valence-corrected chi connectivity index (χ4v) is 4.35. The Hall–Kier alpha value is -3.80. The second kappa shape index (κ2) is 15.0. The van der Waals surface area contributed by atoms with Crippen LogP contribution >= 0.6 is 0 Å². The first kappa shape index (κ1) is 29.8. The van der Waals surface area contributed by atoms with Crippen LogP contribution in [0, 0.1) is 6.92 Å². The van der Waals surface area contributed by atoms with E-state index in [0.29, 0.717) is 35.8 Å². The Morgan fingerprint density at radius 2 is 1.13 bits per heavy atom. The van der Waals surface area contributed by atoms with Crippen molar-refractivity contribution in [1.82, 2.24) is 0 Å². The maximum Gasteiger partial charge on any atom is 0.197 e. The molecule has 0 atom stereocenters. The van der Waals surface area contributed by atoms with Crippen LogP contribution < -0.4 is 9.47 Å². The highest BCUT2D eigenvalue weighted by molar-refractivity contribution is 6.17. The maximum absolute atomic E-state index is 13.4. The molecule has 208 valence electrons. The molecule has 0 aliphatic heterocycles. The minimum absolute atomic E-state index is 0.0985. The zero-order valence-corrected chi connectivity index (χ0v) is 23.3. The molecule has 39 heavy (non-hydrogen) atoms. The van der Waals surface area contributed by atoms with E-state index in [1.807, 2.05) is 0 Å². The van der Waals surface area contributed by atoms with Gasteiger partial charge in [0, 0.05) is 16.7 Å². The molecule has 0 amide bonds. The molecule has 0 unspecified atom stereocenters. The van der Waals surface area contributed by atoms with Gasteiger partial charge in [0.05, 0.1) is 24.3 Å². The van der Waals surface area contributed by atoms with Crippen molar-refractivity contribution < 1.29 is 29.3 Å². The molecule has 0 bridgehead atoms. The third-order valence-corrected chi connectivity index (χ3v) is 6.77. The monoisotopic (exact) mass is 532 g/mol. The third-order valence-electron chi connectivity index (χ3n) is 6.77. The van der Waals surface area contributed by atoms with Crippen LogP contribution in [0.25, 0.3) is 0 Å². The van der Waals surface area contributed by atoms with Crippen LogP contribution in [0.3, 0.4) is 0 Å². The van der Waals surface area contributed by atoms with E-state index < -0.39 is 17.3 Å². The summed E-state index contributed by atoms with van der Waals surface area (Å²) in [5.74, 6) is -0.367. The van der Waals surface area contributed by atoms with Crippen molar-refractivity contribution in [2.24, 2.45) is 0 Å². The number of ether oxygens (including phenoxy) is 2. The van der Waals surface area contributed by atoms with Gasteiger partial charge >= 0.3 is 0 Å². The van der Waals surface area contributed by atoms with E-state index in [0.717, 1.165) is 38.5 Å². The Morgan fingerprint density at radius 1 is 0.667 bits per heavy atom. The average molecular weight is 533 g/mol. The summed E-state index contributed by atoms with van der Waals surface area (Å²) in [5.41, 5.74) is 0.597. The van der Waals surface area contributed by atoms with Crippen LogP contribution in [-0.4, -0.2) is 35.0 Å². The first-order valence-corrected chi connectivity index (χ1v) is 14.0. The second-order valence-electron chi connectivity index (χ2n) is 9.82. The number of aromatic hydroxyl groups is 2. The van der Waals surface area contributed by atoms with Gasteiger partial charge in [0.25, 0.3) is 0 Å². The molecule has 0 saturated heterocycles. The van der Waals surface area contributed by atoms with E-state index in [4.69, 9.17) is 9.47 Å². The van der Waals surface area contributed by atoms with Gasteiger partial charge in [-0.2, -0.15) is 0 Å². The molecule has 6 heteroatoms. The summed E-state index contributed by atoms with van der Waals surface area (Å²) in [6.07, 6.45) is 8.83. The highest BCUT2D eigenvalue weighted by Crippen LogP contribution is 2.36. The molecule has 0 saturated carbocycles. The van der Waals surface area contributed by atoms with Gasteiger partial charge in [0.15, 0.2) is 11.6 Å². The third kappa shape index (κ3) is 8.09. The molecule has 0 aliphatic rings. The number of hydrogen-bond acceptors (Lipinski definition) is 6. The normalized spacial score (nSPS) is 10.8. The van der Waals surface area contributed by atoms with Crippen molar-refractivity contribution in [3.05, 3.63) is 82.4 Å². The molecular weight excluding hydrogens is 492 g/mol. The van der Waals surface area contributed by atoms with E-state index in [9.17, 15) is 19.8 Å². The number of carbonyl (C=O) groups excluding carboxylic acids is 2. The molecule has 3 aromatic rings. The molecule has 0 fully saturated rings. The van der Waals surface area contributed by atoms with Crippen molar-refractivity contribution in [2.75, 3.05) is 13.2 Å². The lowest BCUT2D eigenvalue weighted by Gasteiger charge is -2.14. The molecular formula is C33H40O6. The van der Waals surface area contributed by atoms with Crippen LogP contribution in [0.15, 0.2) is 54.6 Å². The lowest BCUT2D eigenvalue weighted by atomic mass is 9.92. The second-order valence-corrected chi connectivity index (χ2v) is 9.82. The Bertz CT molecular complexity index is 1230. The molecule has 0 spiro atoms. The summed E-state index contributed by atoms with van der Waals surface area (Å²) in [5, 5.41) is 21.6. The summed E-state index contributed by atoms with van der Waals surface area (Å²) in [4.78, 5) is 26.6. The predicted molar refractivity (Wildman–Crippen MR) is 154 cm³/mol. The van der Waals surface area contributed by atoms with Gasteiger partial charge in [-0.1, -0.05) is 52.4 Å². The van der Waals surface area contributed by atoms with Crippen LogP contribution in [0.5, 0.6) is 23.0 Å². The van der Waals surface area contributed by atoms with Gasteiger partial charge in [0.1, 0.15) is 23.0 Å². The van der Waals surface area contributed by atoms with E-state index in [-0.39, 0.29) is 22.4 Å². The lowest BCUT2D eigenvalue weighted by molar-refractivity contribution is 0.103. The predicted octanol–water partition coefficient (Wildman–Crippen LogP) is 7.79. The smallest absolute Gasteiger partial charge is 0.197 e. The highest BCUT2D eigenvalue weighted by Gasteiger charge is 2.25. The summed E-state index contributed by atoms with van der Waals surface area (Å²) >= 11 is 0. The average Bonchev–Trinajstić information content (AvgIpc) is 2.95. The van der Waals surface area contributed by atoms with Gasteiger partial charge in [-0.15, -0.1) is 0 Å². The number of rotatable bonds is 16. The van der Waals surface area contributed by atoms with Crippen molar-refractivity contribution in [1.29, 1.82) is 0 Å². The summed E-state index contributed by atoms with van der Waals surface area (Å²) in [7, 11) is 0. The fourth-order valence-electron chi connectivity index (χ4n) is 4.35. The molecule has 2 N–H and O–H groups in total. The lowest BCUT2D eigenvalue weighted by Crippen LogP contribution is -2.09. The summed E-state index contributed by atoms with van der Waals surface area (Å²) < 4.78 is 11.5. The van der Waals surface area contributed by atoms with Crippen LogP contribution in [0.1, 0.15) is 103 Å².